The SMILES string of the molecule is CC(C)(C)c1cc(CS[C@H]2CCCCCC[C@@H]2SCc2cc(C(C)(C)C)cc(C34CC5CC(c6ccccc6)(CC(c6ccccc6)(C5)C3)C4)c2O)c(O)c(C23CC4CC(c5ccccc5)(CC(c5ccccc5)(C4)C2)C3)c1. The Kier molecular flexibility index (Phi) is 13.4. The van der Waals surface area contributed by atoms with Crippen molar-refractivity contribution in [3.05, 3.63) is 201 Å². The number of phenolic OH excluding ortho intramolecular Hbond substituents is 2. The predicted octanol–water partition coefficient (Wildman–Crippen LogP) is 19.2. The van der Waals surface area contributed by atoms with Crippen molar-refractivity contribution in [2.45, 2.75) is 222 Å². The van der Waals surface area contributed by atoms with Crippen LogP contribution >= 0.6 is 23.5 Å². The van der Waals surface area contributed by atoms with E-state index >= 15 is 0 Å². The van der Waals surface area contributed by atoms with Crippen molar-refractivity contribution < 1.29 is 10.2 Å². The summed E-state index contributed by atoms with van der Waals surface area (Å²) in [5.41, 5.74) is 13.6. The first-order valence-corrected chi connectivity index (χ1v) is 32.7. The molecule has 78 heavy (non-hydrogen) atoms. The average molecular weight is 1070 g/mol. The zero-order valence-electron chi connectivity index (χ0n) is 48.0. The molecule has 8 bridgehead atoms. The van der Waals surface area contributed by atoms with Crippen molar-refractivity contribution >= 4 is 23.5 Å². The van der Waals surface area contributed by atoms with Gasteiger partial charge in [-0.05, 0) is 168 Å². The second-order valence-corrected chi connectivity index (χ2v) is 31.9. The molecule has 0 amide bonds. The van der Waals surface area contributed by atoms with Crippen LogP contribution in [0, 0.1) is 11.8 Å². The van der Waals surface area contributed by atoms with E-state index in [9.17, 15) is 10.2 Å². The maximum absolute atomic E-state index is 13.1. The molecule has 408 valence electrons. The monoisotopic (exact) mass is 1070 g/mol. The van der Waals surface area contributed by atoms with E-state index in [1.54, 1.807) is 0 Å². The van der Waals surface area contributed by atoms with Crippen LogP contribution in [0.1, 0.15) is 213 Å². The summed E-state index contributed by atoms with van der Waals surface area (Å²) in [6, 6.07) is 56.0. The van der Waals surface area contributed by atoms with Gasteiger partial charge in [0, 0.05) is 55.1 Å². The Morgan fingerprint density at radius 3 is 0.962 bits per heavy atom. The molecule has 6 aromatic rings. The van der Waals surface area contributed by atoms with Crippen LogP contribution in [0.2, 0.25) is 0 Å². The predicted molar refractivity (Wildman–Crippen MR) is 330 cm³/mol. The standard InChI is InChI=1S/C74H88O2S2/c1-67(2,3)59-33-53(65(75)61(35-59)73-41-51-37-69(47-73,55-23-13-9-14-24-55)45-70(38-51,48-73)56-25-15-10-16-26-56)43-77-63-31-21-7-8-22-32-64(63)78-44-54-34-60(68(4,5)6)36-62(66(54)76)74-42-52-39-71(49-74,57-27-17-11-18-28-57)46-72(40-52,50-74)58-29-19-12-20-30-58/h9-20,23-30,33-36,51-52,63-64,75-76H,7-8,21-22,31-32,37-50H2,1-6H3/t51?,52?,63-,64-,69?,70?,71?,72?,73?,74?/m0/s1. The fraction of sp³-hybridized carbons (Fsp3) is 0.514. The van der Waals surface area contributed by atoms with E-state index in [-0.39, 0.29) is 43.3 Å². The van der Waals surface area contributed by atoms with Gasteiger partial charge in [0.1, 0.15) is 11.5 Å². The topological polar surface area (TPSA) is 40.5 Å². The highest BCUT2D eigenvalue weighted by Crippen LogP contribution is 2.73. The highest BCUT2D eigenvalue weighted by Gasteiger charge is 2.66. The summed E-state index contributed by atoms with van der Waals surface area (Å²) in [5.74, 6) is 4.06. The maximum atomic E-state index is 13.1. The van der Waals surface area contributed by atoms with Crippen molar-refractivity contribution in [2.75, 3.05) is 0 Å². The smallest absolute Gasteiger partial charge is 0.123 e. The van der Waals surface area contributed by atoms with Crippen molar-refractivity contribution in [3.8, 4) is 11.5 Å². The molecule has 4 heteroatoms. The lowest BCUT2D eigenvalue weighted by Gasteiger charge is -2.67. The Morgan fingerprint density at radius 1 is 0.385 bits per heavy atom. The third-order valence-electron chi connectivity index (χ3n) is 22.0. The molecule has 0 radical (unpaired) electrons. The molecule has 2 nitrogen and oxygen atoms in total. The van der Waals surface area contributed by atoms with Gasteiger partial charge in [0.05, 0.1) is 0 Å². The van der Waals surface area contributed by atoms with Gasteiger partial charge < -0.3 is 10.2 Å². The first kappa shape index (κ1) is 53.0. The van der Waals surface area contributed by atoms with Crippen LogP contribution < -0.4 is 0 Å². The lowest BCUT2D eigenvalue weighted by atomic mass is 9.36. The molecule has 15 rings (SSSR count). The number of hydrogen-bond donors (Lipinski definition) is 2. The van der Waals surface area contributed by atoms with Crippen LogP contribution in [0.5, 0.6) is 11.5 Å². The number of hydrogen-bond acceptors (Lipinski definition) is 4. The van der Waals surface area contributed by atoms with E-state index < -0.39 is 0 Å². The number of phenols is 2. The zero-order valence-corrected chi connectivity index (χ0v) is 49.7. The number of aromatic hydroxyl groups is 2. The molecule has 0 saturated heterocycles. The van der Waals surface area contributed by atoms with Gasteiger partial charge >= 0.3 is 0 Å². The second kappa shape index (κ2) is 19.7. The minimum atomic E-state index is -0.0998. The van der Waals surface area contributed by atoms with E-state index in [0.29, 0.717) is 33.8 Å². The quantitative estimate of drug-likeness (QED) is 0.128. The maximum Gasteiger partial charge on any atom is 0.123 e. The lowest BCUT2D eigenvalue weighted by molar-refractivity contribution is -0.0503. The van der Waals surface area contributed by atoms with Crippen LogP contribution in [0.4, 0.5) is 0 Å². The molecule has 0 heterocycles. The second-order valence-electron chi connectivity index (χ2n) is 29.4. The summed E-state index contributed by atoms with van der Waals surface area (Å²) < 4.78 is 0. The Hall–Kier alpha value is -4.38. The molecule has 6 aromatic carbocycles. The van der Waals surface area contributed by atoms with Crippen LogP contribution in [0.15, 0.2) is 146 Å². The van der Waals surface area contributed by atoms with Gasteiger partial charge in [0.15, 0.2) is 0 Å². The summed E-state index contributed by atoms with van der Waals surface area (Å²) in [4.78, 5) is 0. The van der Waals surface area contributed by atoms with Gasteiger partial charge in [-0.15, -0.1) is 0 Å². The minimum Gasteiger partial charge on any atom is -0.507 e. The van der Waals surface area contributed by atoms with Crippen molar-refractivity contribution in [3.63, 3.8) is 0 Å². The first-order valence-electron chi connectivity index (χ1n) is 30.6. The zero-order chi connectivity index (χ0) is 53.8. The average Bonchev–Trinajstić information content (AvgIpc) is 3.07. The Balaban J connectivity index is 0.827. The molecule has 9 aliphatic rings. The number of benzene rings is 6. The van der Waals surface area contributed by atoms with Crippen LogP contribution in [0.25, 0.3) is 0 Å². The van der Waals surface area contributed by atoms with Crippen LogP contribution in [0.3, 0.4) is 0 Å². The van der Waals surface area contributed by atoms with Gasteiger partial charge in [-0.3, -0.25) is 0 Å². The molecule has 0 aromatic heterocycles. The van der Waals surface area contributed by atoms with Crippen molar-refractivity contribution in [1.29, 1.82) is 0 Å². The fourth-order valence-electron chi connectivity index (χ4n) is 19.4. The Labute approximate surface area is 477 Å². The largest absolute Gasteiger partial charge is 0.507 e. The molecule has 0 spiro atoms. The Morgan fingerprint density at radius 2 is 0.667 bits per heavy atom. The van der Waals surface area contributed by atoms with Gasteiger partial charge in [-0.1, -0.05) is 213 Å². The van der Waals surface area contributed by atoms with Gasteiger partial charge in [0.25, 0.3) is 0 Å². The molecular formula is C74H88O2S2. The summed E-state index contributed by atoms with van der Waals surface area (Å²) in [6.07, 6.45) is 21.7. The summed E-state index contributed by atoms with van der Waals surface area (Å²) in [7, 11) is 0. The van der Waals surface area contributed by atoms with Gasteiger partial charge in [0.2, 0.25) is 0 Å². The first-order chi connectivity index (χ1) is 37.4. The minimum absolute atomic E-state index is 0.0557. The molecule has 2 N–H and O–H groups in total. The van der Waals surface area contributed by atoms with Crippen LogP contribution in [-0.4, -0.2) is 20.7 Å². The molecule has 6 atom stereocenters. The van der Waals surface area contributed by atoms with Crippen molar-refractivity contribution in [1.82, 2.24) is 0 Å². The summed E-state index contributed by atoms with van der Waals surface area (Å²) >= 11 is 4.27. The van der Waals surface area contributed by atoms with Crippen molar-refractivity contribution in [2.24, 2.45) is 11.8 Å². The number of thioether (sulfide) groups is 2. The third-order valence-corrected chi connectivity index (χ3v) is 25.1. The molecular weight excluding hydrogens is 985 g/mol. The molecule has 9 fully saturated rings. The summed E-state index contributed by atoms with van der Waals surface area (Å²) in [5, 5.41) is 27.2. The van der Waals surface area contributed by atoms with E-state index in [1.807, 2.05) is 0 Å². The third kappa shape index (κ3) is 9.24. The highest BCUT2D eigenvalue weighted by molar-refractivity contribution is 8.03. The van der Waals surface area contributed by atoms with Gasteiger partial charge in [-0.25, -0.2) is 0 Å². The molecule has 4 unspecified atom stereocenters. The molecule has 9 aliphatic carbocycles. The van der Waals surface area contributed by atoms with E-state index in [4.69, 9.17) is 0 Å². The van der Waals surface area contributed by atoms with Gasteiger partial charge in [-0.2, -0.15) is 23.5 Å². The van der Waals surface area contributed by atoms with E-state index in [2.05, 4.69) is 211 Å². The fourth-order valence-corrected chi connectivity index (χ4v) is 22.5. The highest BCUT2D eigenvalue weighted by atomic mass is 32.2. The normalized spacial score (nSPS) is 33.2. The lowest BCUT2D eigenvalue weighted by Crippen LogP contribution is -2.62. The summed E-state index contributed by atoms with van der Waals surface area (Å²) in [6.45, 7) is 14.2. The number of rotatable bonds is 12. The molecule has 0 aliphatic heterocycles. The Bertz CT molecular complexity index is 2810. The molecule has 9 saturated carbocycles. The van der Waals surface area contributed by atoms with E-state index in [0.717, 1.165) is 48.3 Å². The van der Waals surface area contributed by atoms with E-state index in [1.165, 1.54) is 134 Å². The van der Waals surface area contributed by atoms with Crippen LogP contribution in [-0.2, 0) is 54.8 Å².